The van der Waals surface area contributed by atoms with Gasteiger partial charge < -0.3 is 0 Å². The van der Waals surface area contributed by atoms with E-state index in [-0.39, 0.29) is 4.88 Å². The Morgan fingerprint density at radius 3 is 2.44 bits per heavy atom. The number of carbonyl (C=O) groups excluding carboxylic acids is 1. The number of ketones is 1. The molecule has 0 atom stereocenters. The van der Waals surface area contributed by atoms with Crippen LogP contribution in [0.2, 0.25) is 0 Å². The fraction of sp³-hybridized carbons (Fsp3) is 0.0833. The van der Waals surface area contributed by atoms with Crippen molar-refractivity contribution in [1.82, 2.24) is 0 Å². The molecular weight excluding hydrogens is 329 g/mol. The van der Waals surface area contributed by atoms with Gasteiger partial charge in [-0.05, 0) is 41.1 Å². The third kappa shape index (κ3) is 2.22. The van der Waals surface area contributed by atoms with Crippen LogP contribution in [-0.4, -0.2) is 5.78 Å². The zero-order chi connectivity index (χ0) is 13.4. The lowest BCUT2D eigenvalue weighted by atomic mass is 10.1. The summed E-state index contributed by atoms with van der Waals surface area (Å²) >= 11 is 4.33. The highest BCUT2D eigenvalue weighted by Gasteiger charge is 2.22. The predicted molar refractivity (Wildman–Crippen MR) is 66.5 cm³/mol. The number of carbonyl (C=O) groups is 1. The van der Waals surface area contributed by atoms with Crippen molar-refractivity contribution in [3.8, 4) is 0 Å². The number of hydrogen-bond acceptors (Lipinski definition) is 2. The number of thiophene rings is 1. The quantitative estimate of drug-likeness (QED) is 0.585. The number of rotatable bonds is 2. The van der Waals surface area contributed by atoms with Gasteiger partial charge >= 0.3 is 0 Å². The van der Waals surface area contributed by atoms with Gasteiger partial charge in [0.05, 0.1) is 10.4 Å². The van der Waals surface area contributed by atoms with Crippen LogP contribution in [-0.2, 0) is 0 Å². The second kappa shape index (κ2) is 4.85. The van der Waals surface area contributed by atoms with Crippen molar-refractivity contribution >= 4 is 33.0 Å². The minimum absolute atomic E-state index is 0.261. The summed E-state index contributed by atoms with van der Waals surface area (Å²) in [5.74, 6) is -5.08. The van der Waals surface area contributed by atoms with Crippen molar-refractivity contribution in [2.75, 3.05) is 0 Å². The number of hydrogen-bond donors (Lipinski definition) is 0. The van der Waals surface area contributed by atoms with Crippen molar-refractivity contribution in [1.29, 1.82) is 0 Å². The van der Waals surface area contributed by atoms with Gasteiger partial charge in [0.15, 0.2) is 17.5 Å². The zero-order valence-corrected chi connectivity index (χ0v) is 11.5. The first-order chi connectivity index (χ1) is 8.41. The molecule has 18 heavy (non-hydrogen) atoms. The van der Waals surface area contributed by atoms with E-state index in [1.807, 2.05) is 0 Å². The molecule has 0 aliphatic rings. The van der Waals surface area contributed by atoms with Gasteiger partial charge in [0.25, 0.3) is 0 Å². The molecule has 6 heteroatoms. The summed E-state index contributed by atoms with van der Waals surface area (Å²) in [6, 6.07) is 3.38. The summed E-state index contributed by atoms with van der Waals surface area (Å²) in [6.07, 6.45) is 0. The SMILES string of the molecule is Cc1cc(Br)c(C(=O)c2ccc(F)c(F)c2F)s1. The van der Waals surface area contributed by atoms with Gasteiger partial charge in [-0.25, -0.2) is 13.2 Å². The molecule has 0 aliphatic heterocycles. The molecule has 94 valence electrons. The molecule has 0 aliphatic carbocycles. The van der Waals surface area contributed by atoms with Crippen LogP contribution in [0.3, 0.4) is 0 Å². The summed E-state index contributed by atoms with van der Waals surface area (Å²) in [5, 5.41) is 0. The van der Waals surface area contributed by atoms with Crippen molar-refractivity contribution in [3.05, 3.63) is 55.4 Å². The Morgan fingerprint density at radius 1 is 1.22 bits per heavy atom. The molecular formula is C12H6BrF3OS. The third-order valence-electron chi connectivity index (χ3n) is 2.30. The van der Waals surface area contributed by atoms with E-state index in [1.165, 1.54) is 0 Å². The molecule has 1 nitrogen and oxygen atoms in total. The first-order valence-electron chi connectivity index (χ1n) is 4.86. The standard InChI is InChI=1S/C12H6BrF3OS/c1-5-4-7(13)12(18-5)11(17)6-2-3-8(14)10(16)9(6)15/h2-4H,1H3. The Bertz CT molecular complexity index is 636. The van der Waals surface area contributed by atoms with Gasteiger partial charge in [-0.2, -0.15) is 0 Å². The van der Waals surface area contributed by atoms with Crippen molar-refractivity contribution < 1.29 is 18.0 Å². The van der Waals surface area contributed by atoms with Crippen LogP contribution in [0.15, 0.2) is 22.7 Å². The molecule has 0 spiro atoms. The topological polar surface area (TPSA) is 17.1 Å². The van der Waals surface area contributed by atoms with Gasteiger partial charge in [0, 0.05) is 9.35 Å². The number of benzene rings is 1. The Hall–Kier alpha value is -1.14. The Morgan fingerprint density at radius 2 is 1.89 bits per heavy atom. The molecule has 0 bridgehead atoms. The van der Waals surface area contributed by atoms with E-state index in [9.17, 15) is 18.0 Å². The van der Waals surface area contributed by atoms with E-state index < -0.39 is 28.8 Å². The van der Waals surface area contributed by atoms with Crippen LogP contribution < -0.4 is 0 Å². The minimum atomic E-state index is -1.63. The highest BCUT2D eigenvalue weighted by atomic mass is 79.9. The normalized spacial score (nSPS) is 10.7. The molecule has 1 aromatic heterocycles. The van der Waals surface area contributed by atoms with Crippen LogP contribution in [0.4, 0.5) is 13.2 Å². The lowest BCUT2D eigenvalue weighted by molar-refractivity contribution is 0.103. The maximum Gasteiger partial charge on any atom is 0.207 e. The average Bonchev–Trinajstić information content (AvgIpc) is 2.65. The monoisotopic (exact) mass is 334 g/mol. The molecule has 0 radical (unpaired) electrons. The Labute approximate surface area is 113 Å². The Kier molecular flexibility index (Phi) is 3.59. The summed E-state index contributed by atoms with van der Waals surface area (Å²) in [5.41, 5.74) is -0.476. The van der Waals surface area contributed by atoms with Crippen molar-refractivity contribution in [3.63, 3.8) is 0 Å². The first-order valence-corrected chi connectivity index (χ1v) is 6.47. The molecule has 1 aromatic carbocycles. The van der Waals surface area contributed by atoms with Gasteiger partial charge in [0.2, 0.25) is 5.78 Å². The largest absolute Gasteiger partial charge is 0.288 e. The number of halogens is 4. The molecule has 0 fully saturated rings. The first kappa shape index (κ1) is 13.3. The van der Waals surface area contributed by atoms with Crippen molar-refractivity contribution in [2.24, 2.45) is 0 Å². The fourth-order valence-electron chi connectivity index (χ4n) is 1.46. The summed E-state index contributed by atoms with van der Waals surface area (Å²) in [7, 11) is 0. The van der Waals surface area contributed by atoms with Crippen LogP contribution in [0.5, 0.6) is 0 Å². The van der Waals surface area contributed by atoms with E-state index in [2.05, 4.69) is 15.9 Å². The fourth-order valence-corrected chi connectivity index (χ4v) is 3.24. The zero-order valence-electron chi connectivity index (χ0n) is 9.06. The van der Waals surface area contributed by atoms with Crippen LogP contribution >= 0.6 is 27.3 Å². The van der Waals surface area contributed by atoms with E-state index in [0.29, 0.717) is 4.47 Å². The highest BCUT2D eigenvalue weighted by molar-refractivity contribution is 9.10. The van der Waals surface area contributed by atoms with E-state index >= 15 is 0 Å². The van der Waals surface area contributed by atoms with Gasteiger partial charge in [0.1, 0.15) is 0 Å². The van der Waals surface area contributed by atoms with Gasteiger partial charge in [-0.3, -0.25) is 4.79 Å². The number of aryl methyl sites for hydroxylation is 1. The van der Waals surface area contributed by atoms with Crippen LogP contribution in [0, 0.1) is 24.4 Å². The van der Waals surface area contributed by atoms with E-state index in [0.717, 1.165) is 28.3 Å². The molecule has 0 saturated carbocycles. The molecule has 2 rings (SSSR count). The minimum Gasteiger partial charge on any atom is -0.288 e. The maximum absolute atomic E-state index is 13.5. The van der Waals surface area contributed by atoms with Gasteiger partial charge in [-0.1, -0.05) is 0 Å². The van der Waals surface area contributed by atoms with E-state index in [1.54, 1.807) is 13.0 Å². The summed E-state index contributed by atoms with van der Waals surface area (Å²) in [4.78, 5) is 13.1. The lowest BCUT2D eigenvalue weighted by Crippen LogP contribution is -2.06. The summed E-state index contributed by atoms with van der Waals surface area (Å²) in [6.45, 7) is 1.79. The maximum atomic E-state index is 13.5. The molecule has 0 saturated heterocycles. The predicted octanol–water partition coefficient (Wildman–Crippen LogP) is 4.47. The molecule has 0 N–H and O–H groups in total. The molecule has 1 heterocycles. The second-order valence-corrected chi connectivity index (χ2v) is 5.70. The summed E-state index contributed by atoms with van der Waals surface area (Å²) < 4.78 is 39.8. The van der Waals surface area contributed by atoms with Gasteiger partial charge in [-0.15, -0.1) is 11.3 Å². The highest BCUT2D eigenvalue weighted by Crippen LogP contribution is 2.30. The van der Waals surface area contributed by atoms with Crippen LogP contribution in [0.1, 0.15) is 20.1 Å². The van der Waals surface area contributed by atoms with E-state index in [4.69, 9.17) is 0 Å². The van der Waals surface area contributed by atoms with Crippen molar-refractivity contribution in [2.45, 2.75) is 6.92 Å². The molecule has 0 unspecified atom stereocenters. The lowest BCUT2D eigenvalue weighted by Gasteiger charge is -2.03. The smallest absolute Gasteiger partial charge is 0.207 e. The Balaban J connectivity index is 2.53. The molecule has 2 aromatic rings. The molecule has 0 amide bonds. The van der Waals surface area contributed by atoms with Crippen LogP contribution in [0.25, 0.3) is 0 Å². The second-order valence-electron chi connectivity index (χ2n) is 3.59. The average molecular weight is 335 g/mol. The third-order valence-corrected chi connectivity index (χ3v) is 4.23.